The fourth-order valence-electron chi connectivity index (χ4n) is 2.60. The molecule has 1 heterocycles. The minimum absolute atomic E-state index is 0.0104. The third kappa shape index (κ3) is 4.93. The van der Waals surface area contributed by atoms with Crippen molar-refractivity contribution < 1.29 is 9.13 Å². The van der Waals surface area contributed by atoms with Gasteiger partial charge in [0.15, 0.2) is 5.82 Å². The van der Waals surface area contributed by atoms with Gasteiger partial charge < -0.3 is 4.74 Å². The number of H-pyrrole nitrogens is 1. The first-order valence-electron chi connectivity index (χ1n) is 8.59. The molecule has 26 heavy (non-hydrogen) atoms. The number of ether oxygens (including phenoxy) is 1. The molecule has 1 atom stereocenters. The van der Waals surface area contributed by atoms with E-state index in [0.717, 1.165) is 35.5 Å². The standard InChI is InChI=1S/C20H22FN3OS/c1-3-14-4-8-16(9-5-14)19-22-20(24-23-19)26-13-18(25-2)12-15-6-10-17(21)11-7-15/h4-11,18H,3,12-13H2,1-2H3,(H,22,23,24). The zero-order valence-electron chi connectivity index (χ0n) is 14.9. The van der Waals surface area contributed by atoms with Crippen LogP contribution in [0.3, 0.4) is 0 Å². The molecule has 0 aliphatic rings. The monoisotopic (exact) mass is 371 g/mol. The molecule has 1 unspecified atom stereocenters. The van der Waals surface area contributed by atoms with Crippen LogP contribution in [0.2, 0.25) is 0 Å². The molecule has 0 aliphatic carbocycles. The molecule has 0 spiro atoms. The SMILES string of the molecule is CCc1ccc(-c2nc(SCC(Cc3ccc(F)cc3)OC)n[nH]2)cc1. The molecule has 4 nitrogen and oxygen atoms in total. The van der Waals surface area contributed by atoms with Crippen molar-refractivity contribution in [1.82, 2.24) is 15.2 Å². The van der Waals surface area contributed by atoms with Crippen LogP contribution in [0, 0.1) is 5.82 Å². The quantitative estimate of drug-likeness (QED) is 0.592. The number of rotatable bonds is 8. The Morgan fingerprint density at radius 3 is 2.42 bits per heavy atom. The smallest absolute Gasteiger partial charge is 0.208 e. The van der Waals surface area contributed by atoms with Crippen molar-refractivity contribution in [2.75, 3.05) is 12.9 Å². The molecule has 0 saturated heterocycles. The number of halogens is 1. The summed E-state index contributed by atoms with van der Waals surface area (Å²) in [6, 6.07) is 14.8. The normalized spacial score (nSPS) is 12.3. The van der Waals surface area contributed by atoms with Crippen LogP contribution in [-0.4, -0.2) is 34.1 Å². The molecule has 6 heteroatoms. The fraction of sp³-hybridized carbons (Fsp3) is 0.300. The third-order valence-electron chi connectivity index (χ3n) is 4.21. The van der Waals surface area contributed by atoms with Crippen LogP contribution < -0.4 is 0 Å². The highest BCUT2D eigenvalue weighted by Crippen LogP contribution is 2.21. The number of nitrogens with one attached hydrogen (secondary N) is 1. The van der Waals surface area contributed by atoms with E-state index in [9.17, 15) is 4.39 Å². The van der Waals surface area contributed by atoms with E-state index in [1.54, 1.807) is 31.0 Å². The van der Waals surface area contributed by atoms with Gasteiger partial charge in [-0.2, -0.15) is 0 Å². The summed E-state index contributed by atoms with van der Waals surface area (Å²) in [6.07, 6.45) is 1.75. The van der Waals surface area contributed by atoms with Gasteiger partial charge in [0.1, 0.15) is 5.82 Å². The topological polar surface area (TPSA) is 50.8 Å². The fourth-order valence-corrected chi connectivity index (χ4v) is 3.45. The number of aromatic nitrogens is 3. The van der Waals surface area contributed by atoms with Crippen molar-refractivity contribution >= 4 is 11.8 Å². The van der Waals surface area contributed by atoms with Crippen molar-refractivity contribution in [2.24, 2.45) is 0 Å². The second-order valence-corrected chi connectivity index (χ2v) is 7.00. The molecule has 0 bridgehead atoms. The lowest BCUT2D eigenvalue weighted by Gasteiger charge is -2.14. The molecule has 0 aliphatic heterocycles. The lowest BCUT2D eigenvalue weighted by Crippen LogP contribution is -2.17. The first-order valence-corrected chi connectivity index (χ1v) is 9.58. The highest BCUT2D eigenvalue weighted by Gasteiger charge is 2.12. The van der Waals surface area contributed by atoms with Crippen molar-refractivity contribution in [3.63, 3.8) is 0 Å². The van der Waals surface area contributed by atoms with Gasteiger partial charge in [-0.15, -0.1) is 5.10 Å². The number of thioether (sulfide) groups is 1. The Kier molecular flexibility index (Phi) is 6.41. The summed E-state index contributed by atoms with van der Waals surface area (Å²) >= 11 is 1.55. The van der Waals surface area contributed by atoms with E-state index in [1.807, 2.05) is 0 Å². The molecule has 3 rings (SSSR count). The number of aromatic amines is 1. The summed E-state index contributed by atoms with van der Waals surface area (Å²) in [7, 11) is 1.69. The zero-order chi connectivity index (χ0) is 18.4. The van der Waals surface area contributed by atoms with E-state index in [-0.39, 0.29) is 11.9 Å². The van der Waals surface area contributed by atoms with Crippen LogP contribution in [-0.2, 0) is 17.6 Å². The predicted molar refractivity (Wildman–Crippen MR) is 103 cm³/mol. The predicted octanol–water partition coefficient (Wildman–Crippen LogP) is 4.52. The van der Waals surface area contributed by atoms with E-state index in [4.69, 9.17) is 4.74 Å². The van der Waals surface area contributed by atoms with Gasteiger partial charge in [0, 0.05) is 18.4 Å². The maximum absolute atomic E-state index is 13.0. The largest absolute Gasteiger partial charge is 0.380 e. The molecule has 0 saturated carbocycles. The van der Waals surface area contributed by atoms with E-state index in [0.29, 0.717) is 5.16 Å². The maximum Gasteiger partial charge on any atom is 0.208 e. The van der Waals surface area contributed by atoms with E-state index < -0.39 is 0 Å². The summed E-state index contributed by atoms with van der Waals surface area (Å²) in [5, 5.41) is 7.97. The van der Waals surface area contributed by atoms with Gasteiger partial charge in [-0.3, -0.25) is 5.10 Å². The van der Waals surface area contributed by atoms with Gasteiger partial charge >= 0.3 is 0 Å². The van der Waals surface area contributed by atoms with E-state index in [1.165, 1.54) is 17.7 Å². The zero-order valence-corrected chi connectivity index (χ0v) is 15.7. The molecule has 0 fully saturated rings. The number of hydrogen-bond acceptors (Lipinski definition) is 4. The minimum Gasteiger partial charge on any atom is -0.380 e. The molecule has 136 valence electrons. The Hall–Kier alpha value is -2.18. The van der Waals surface area contributed by atoms with E-state index in [2.05, 4.69) is 46.4 Å². The Morgan fingerprint density at radius 1 is 1.08 bits per heavy atom. The van der Waals surface area contributed by atoms with Crippen LogP contribution in [0.4, 0.5) is 4.39 Å². The molecule has 0 radical (unpaired) electrons. The second-order valence-electron chi connectivity index (χ2n) is 6.02. The molecule has 1 N–H and O–H groups in total. The molecule has 0 amide bonds. The molecule has 1 aromatic heterocycles. The minimum atomic E-state index is -0.225. The molecule has 3 aromatic rings. The average Bonchev–Trinajstić information content (AvgIpc) is 3.15. The van der Waals surface area contributed by atoms with Gasteiger partial charge in [-0.25, -0.2) is 9.37 Å². The summed E-state index contributed by atoms with van der Waals surface area (Å²) in [5.74, 6) is 1.26. The molecular formula is C20H22FN3OS. The summed E-state index contributed by atoms with van der Waals surface area (Å²) < 4.78 is 18.5. The third-order valence-corrected chi connectivity index (χ3v) is 5.19. The van der Waals surface area contributed by atoms with Crippen molar-refractivity contribution in [3.05, 3.63) is 65.5 Å². The van der Waals surface area contributed by atoms with Crippen LogP contribution in [0.15, 0.2) is 53.7 Å². The summed E-state index contributed by atoms with van der Waals surface area (Å²) in [4.78, 5) is 4.55. The molecule has 2 aromatic carbocycles. The highest BCUT2D eigenvalue weighted by atomic mass is 32.2. The maximum atomic E-state index is 13.0. The van der Waals surface area contributed by atoms with E-state index >= 15 is 0 Å². The number of methoxy groups -OCH3 is 1. The molecular weight excluding hydrogens is 349 g/mol. The van der Waals surface area contributed by atoms with Gasteiger partial charge in [-0.1, -0.05) is 55.1 Å². The number of nitrogens with zero attached hydrogens (tertiary/aromatic N) is 2. The second kappa shape index (κ2) is 8.96. The summed E-state index contributed by atoms with van der Waals surface area (Å²) in [6.45, 7) is 2.14. The van der Waals surface area contributed by atoms with Crippen LogP contribution >= 0.6 is 11.8 Å². The van der Waals surface area contributed by atoms with Gasteiger partial charge in [0.2, 0.25) is 5.16 Å². The Labute approximate surface area is 157 Å². The number of aryl methyl sites for hydroxylation is 1. The van der Waals surface area contributed by atoms with Crippen molar-refractivity contribution in [1.29, 1.82) is 0 Å². The van der Waals surface area contributed by atoms with Crippen molar-refractivity contribution in [3.8, 4) is 11.4 Å². The Balaban J connectivity index is 1.58. The average molecular weight is 371 g/mol. The van der Waals surface area contributed by atoms with Crippen molar-refractivity contribution in [2.45, 2.75) is 31.0 Å². The van der Waals surface area contributed by atoms with Crippen LogP contribution in [0.5, 0.6) is 0 Å². The van der Waals surface area contributed by atoms with Gasteiger partial charge in [-0.05, 0) is 36.1 Å². The first-order chi connectivity index (χ1) is 12.7. The lowest BCUT2D eigenvalue weighted by atomic mass is 10.1. The highest BCUT2D eigenvalue weighted by molar-refractivity contribution is 7.99. The lowest BCUT2D eigenvalue weighted by molar-refractivity contribution is 0.122. The Morgan fingerprint density at radius 2 is 1.77 bits per heavy atom. The summed E-state index contributed by atoms with van der Waals surface area (Å²) in [5.41, 5.74) is 3.37. The van der Waals surface area contributed by atoms with Crippen LogP contribution in [0.1, 0.15) is 18.1 Å². The van der Waals surface area contributed by atoms with Gasteiger partial charge in [0.25, 0.3) is 0 Å². The van der Waals surface area contributed by atoms with Gasteiger partial charge in [0.05, 0.1) is 6.10 Å². The van der Waals surface area contributed by atoms with Crippen LogP contribution in [0.25, 0.3) is 11.4 Å². The number of hydrogen-bond donors (Lipinski definition) is 1. The number of benzene rings is 2. The Bertz CT molecular complexity index is 818. The first kappa shape index (κ1) is 18.6.